The third kappa shape index (κ3) is 4.29. The van der Waals surface area contributed by atoms with Gasteiger partial charge in [0.05, 0.1) is 27.7 Å². The summed E-state index contributed by atoms with van der Waals surface area (Å²) in [5.41, 5.74) is 1.45. The van der Waals surface area contributed by atoms with Crippen LogP contribution in [0.5, 0.6) is 0 Å². The standard InChI is InChI=1S/C17H21N5O3S2/c1-4-18-13-8-7-12(27(23,24)22(2)3)10-14(13)19-11-16-20-17(21-25-16)15-6-5-9-26-15/h5-10,18-19H,4,11H2,1-3H3. The van der Waals surface area contributed by atoms with Gasteiger partial charge >= 0.3 is 0 Å². The molecule has 2 N–H and O–H groups in total. The predicted molar refractivity (Wildman–Crippen MR) is 106 cm³/mol. The summed E-state index contributed by atoms with van der Waals surface area (Å²) in [4.78, 5) is 5.50. The minimum Gasteiger partial charge on any atom is -0.384 e. The van der Waals surface area contributed by atoms with Gasteiger partial charge in [0.15, 0.2) is 0 Å². The number of anilines is 2. The highest BCUT2D eigenvalue weighted by molar-refractivity contribution is 7.89. The molecule has 0 saturated carbocycles. The number of nitrogens with one attached hydrogen (secondary N) is 2. The lowest BCUT2D eigenvalue weighted by Crippen LogP contribution is -2.22. The van der Waals surface area contributed by atoms with Crippen LogP contribution in [0.15, 0.2) is 45.1 Å². The van der Waals surface area contributed by atoms with E-state index in [0.29, 0.717) is 23.9 Å². The normalized spacial score (nSPS) is 11.7. The van der Waals surface area contributed by atoms with Crippen molar-refractivity contribution in [2.45, 2.75) is 18.4 Å². The van der Waals surface area contributed by atoms with Gasteiger partial charge in [0, 0.05) is 20.6 Å². The third-order valence-corrected chi connectivity index (χ3v) is 6.45. The quantitative estimate of drug-likeness (QED) is 0.592. The zero-order chi connectivity index (χ0) is 19.4. The average Bonchev–Trinajstić information content (AvgIpc) is 3.32. The largest absolute Gasteiger partial charge is 0.384 e. The van der Waals surface area contributed by atoms with Gasteiger partial charge in [0.25, 0.3) is 0 Å². The first-order valence-corrected chi connectivity index (χ1v) is 10.6. The average molecular weight is 408 g/mol. The summed E-state index contributed by atoms with van der Waals surface area (Å²) in [6, 6.07) is 8.77. The minimum atomic E-state index is -3.52. The van der Waals surface area contributed by atoms with Crippen molar-refractivity contribution >= 4 is 32.7 Å². The lowest BCUT2D eigenvalue weighted by molar-refractivity contribution is 0.384. The summed E-state index contributed by atoms with van der Waals surface area (Å²) in [7, 11) is -0.514. The zero-order valence-corrected chi connectivity index (χ0v) is 16.9. The molecule has 0 atom stereocenters. The maximum atomic E-state index is 12.4. The molecule has 0 radical (unpaired) electrons. The molecule has 0 bridgehead atoms. The van der Waals surface area contributed by atoms with Crippen molar-refractivity contribution in [3.05, 3.63) is 41.6 Å². The van der Waals surface area contributed by atoms with Crippen molar-refractivity contribution in [1.82, 2.24) is 14.4 Å². The van der Waals surface area contributed by atoms with Crippen LogP contribution in [0.1, 0.15) is 12.8 Å². The Balaban J connectivity index is 1.82. The number of hydrogen-bond donors (Lipinski definition) is 2. The molecule has 0 saturated heterocycles. The van der Waals surface area contributed by atoms with Crippen molar-refractivity contribution < 1.29 is 12.9 Å². The number of benzene rings is 1. The first kappa shape index (κ1) is 19.3. The van der Waals surface area contributed by atoms with Gasteiger partial charge in [-0.05, 0) is 36.6 Å². The Hall–Kier alpha value is -2.43. The Kier molecular flexibility index (Phi) is 5.78. The van der Waals surface area contributed by atoms with Gasteiger partial charge in [-0.25, -0.2) is 12.7 Å². The SMILES string of the molecule is CCNc1ccc(S(=O)(=O)N(C)C)cc1NCc1nc(-c2cccs2)no1. The fraction of sp³-hybridized carbons (Fsp3) is 0.294. The summed E-state index contributed by atoms with van der Waals surface area (Å²) < 4.78 is 31.3. The molecule has 0 amide bonds. The lowest BCUT2D eigenvalue weighted by atomic mass is 10.2. The molecule has 0 spiro atoms. The third-order valence-electron chi connectivity index (χ3n) is 3.78. The van der Waals surface area contributed by atoms with E-state index in [0.717, 1.165) is 10.6 Å². The van der Waals surface area contributed by atoms with Crippen LogP contribution in [0.25, 0.3) is 10.7 Å². The molecule has 0 aliphatic carbocycles. The Morgan fingerprint density at radius 3 is 2.67 bits per heavy atom. The van der Waals surface area contributed by atoms with Gasteiger partial charge in [-0.15, -0.1) is 11.3 Å². The molecule has 0 fully saturated rings. The maximum Gasteiger partial charge on any atom is 0.246 e. The number of rotatable bonds is 8. The van der Waals surface area contributed by atoms with Crippen LogP contribution < -0.4 is 10.6 Å². The second-order valence-electron chi connectivity index (χ2n) is 5.87. The van der Waals surface area contributed by atoms with Crippen LogP contribution in [-0.4, -0.2) is 43.5 Å². The Bertz CT molecular complexity index is 998. The Morgan fingerprint density at radius 2 is 2.00 bits per heavy atom. The number of nitrogens with zero attached hydrogens (tertiary/aromatic N) is 3. The molecule has 144 valence electrons. The molecule has 1 aromatic carbocycles. The van der Waals surface area contributed by atoms with Crippen LogP contribution in [0.4, 0.5) is 11.4 Å². The molecular formula is C17H21N5O3S2. The van der Waals surface area contributed by atoms with Crippen LogP contribution in [-0.2, 0) is 16.6 Å². The molecule has 27 heavy (non-hydrogen) atoms. The maximum absolute atomic E-state index is 12.4. The van der Waals surface area contributed by atoms with Crippen molar-refractivity contribution in [2.24, 2.45) is 0 Å². The fourth-order valence-corrected chi connectivity index (χ4v) is 3.97. The zero-order valence-electron chi connectivity index (χ0n) is 15.3. The van der Waals surface area contributed by atoms with Crippen LogP contribution >= 0.6 is 11.3 Å². The highest BCUT2D eigenvalue weighted by Gasteiger charge is 2.19. The van der Waals surface area contributed by atoms with Gasteiger partial charge in [0.2, 0.25) is 21.7 Å². The number of sulfonamides is 1. The minimum absolute atomic E-state index is 0.210. The van der Waals surface area contributed by atoms with E-state index in [-0.39, 0.29) is 11.4 Å². The first-order chi connectivity index (χ1) is 12.9. The number of aromatic nitrogens is 2. The van der Waals surface area contributed by atoms with Gasteiger partial charge in [-0.1, -0.05) is 11.2 Å². The smallest absolute Gasteiger partial charge is 0.246 e. The van der Waals surface area contributed by atoms with Gasteiger partial charge in [0.1, 0.15) is 0 Å². The van der Waals surface area contributed by atoms with Crippen LogP contribution in [0.3, 0.4) is 0 Å². The van der Waals surface area contributed by atoms with Crippen LogP contribution in [0.2, 0.25) is 0 Å². The highest BCUT2D eigenvalue weighted by atomic mass is 32.2. The second-order valence-corrected chi connectivity index (χ2v) is 8.97. The molecule has 3 aromatic rings. The summed E-state index contributed by atoms with van der Waals surface area (Å²) in [6.07, 6.45) is 0. The number of thiophene rings is 1. The van der Waals surface area contributed by atoms with E-state index in [1.54, 1.807) is 18.2 Å². The molecule has 2 heterocycles. The van der Waals surface area contributed by atoms with Crippen molar-refractivity contribution in [3.8, 4) is 10.7 Å². The molecule has 3 rings (SSSR count). The van der Waals surface area contributed by atoms with E-state index >= 15 is 0 Å². The molecular weight excluding hydrogens is 386 g/mol. The van der Waals surface area contributed by atoms with E-state index in [2.05, 4.69) is 20.8 Å². The number of hydrogen-bond acceptors (Lipinski definition) is 8. The predicted octanol–water partition coefficient (Wildman–Crippen LogP) is 3.09. The molecule has 8 nitrogen and oxygen atoms in total. The highest BCUT2D eigenvalue weighted by Crippen LogP contribution is 2.27. The van der Waals surface area contributed by atoms with Crippen molar-refractivity contribution in [2.75, 3.05) is 31.3 Å². The molecule has 0 aliphatic heterocycles. The molecule has 0 unspecified atom stereocenters. The monoisotopic (exact) mass is 407 g/mol. The van der Waals surface area contributed by atoms with Gasteiger partial charge < -0.3 is 15.2 Å². The molecule has 0 aliphatic rings. The van der Waals surface area contributed by atoms with Crippen molar-refractivity contribution in [3.63, 3.8) is 0 Å². The topological polar surface area (TPSA) is 100 Å². The first-order valence-electron chi connectivity index (χ1n) is 8.32. The lowest BCUT2D eigenvalue weighted by Gasteiger charge is -2.16. The second kappa shape index (κ2) is 8.07. The van der Waals surface area contributed by atoms with Gasteiger partial charge in [-0.3, -0.25) is 0 Å². The Labute approximate surface area is 162 Å². The molecule has 10 heteroatoms. The molecule has 2 aromatic heterocycles. The van der Waals surface area contributed by atoms with E-state index in [1.165, 1.54) is 29.7 Å². The Morgan fingerprint density at radius 1 is 1.19 bits per heavy atom. The summed E-state index contributed by atoms with van der Waals surface area (Å²) in [6.45, 7) is 2.96. The van der Waals surface area contributed by atoms with Crippen molar-refractivity contribution in [1.29, 1.82) is 0 Å². The summed E-state index contributed by atoms with van der Waals surface area (Å²) >= 11 is 1.53. The van der Waals surface area contributed by atoms with E-state index in [9.17, 15) is 8.42 Å². The van der Waals surface area contributed by atoms with Gasteiger partial charge in [-0.2, -0.15) is 4.98 Å². The van der Waals surface area contributed by atoms with Crippen LogP contribution in [0, 0.1) is 0 Å². The van der Waals surface area contributed by atoms with E-state index in [4.69, 9.17) is 4.52 Å². The summed E-state index contributed by atoms with van der Waals surface area (Å²) in [5.74, 6) is 0.958. The fourth-order valence-electron chi connectivity index (χ4n) is 2.39. The summed E-state index contributed by atoms with van der Waals surface area (Å²) in [5, 5.41) is 12.3. The van der Waals surface area contributed by atoms with E-state index in [1.807, 2.05) is 24.4 Å². The van der Waals surface area contributed by atoms with E-state index < -0.39 is 10.0 Å².